The summed E-state index contributed by atoms with van der Waals surface area (Å²) in [5.41, 5.74) is 0.973. The monoisotopic (exact) mass is 392 g/mol. The van der Waals surface area contributed by atoms with E-state index in [0.717, 1.165) is 13.0 Å². The zero-order valence-corrected chi connectivity index (χ0v) is 19.3. The Balaban J connectivity index is 2.29. The molecule has 0 atom stereocenters. The SMILES string of the molecule is CCCCCCCCCCCCCC[N+](OC)(OC)C(C)(C)c1ccccc1. The molecule has 28 heavy (non-hydrogen) atoms. The summed E-state index contributed by atoms with van der Waals surface area (Å²) in [7, 11) is 3.52. The molecule has 3 heteroatoms. The van der Waals surface area contributed by atoms with E-state index in [1.807, 2.05) is 0 Å². The minimum absolute atomic E-state index is 0.203. The minimum Gasteiger partial charge on any atom is -0.171 e. The van der Waals surface area contributed by atoms with E-state index in [0.29, 0.717) is 0 Å². The molecular weight excluding hydrogens is 346 g/mol. The van der Waals surface area contributed by atoms with Gasteiger partial charge in [0.2, 0.25) is 0 Å². The van der Waals surface area contributed by atoms with Crippen molar-refractivity contribution in [3.05, 3.63) is 35.9 Å². The molecular formula is C25H46NO2+. The molecule has 0 aliphatic heterocycles. The lowest BCUT2D eigenvalue weighted by molar-refractivity contribution is -1.27. The van der Waals surface area contributed by atoms with E-state index >= 15 is 0 Å². The van der Waals surface area contributed by atoms with E-state index < -0.39 is 0 Å². The molecule has 1 aromatic carbocycles. The highest BCUT2D eigenvalue weighted by atomic mass is 17.0. The van der Waals surface area contributed by atoms with Crippen LogP contribution in [0.3, 0.4) is 0 Å². The summed E-state index contributed by atoms with van der Waals surface area (Å²) in [5, 5.41) is 0. The molecule has 0 amide bonds. The lowest BCUT2D eigenvalue weighted by Crippen LogP contribution is -2.58. The number of nitrogens with zero attached hydrogens (tertiary/aromatic N) is 1. The maximum absolute atomic E-state index is 5.92. The van der Waals surface area contributed by atoms with Crippen LogP contribution in [0.25, 0.3) is 0 Å². The molecule has 3 nitrogen and oxygen atoms in total. The number of quaternary nitrogens is 1. The number of benzene rings is 1. The van der Waals surface area contributed by atoms with E-state index in [9.17, 15) is 0 Å². The molecule has 0 spiro atoms. The van der Waals surface area contributed by atoms with Crippen molar-refractivity contribution in [2.24, 2.45) is 0 Å². The van der Waals surface area contributed by atoms with E-state index in [-0.39, 0.29) is 10.3 Å². The predicted octanol–water partition coefficient (Wildman–Crippen LogP) is 7.56. The quantitative estimate of drug-likeness (QED) is 0.155. The first kappa shape index (κ1) is 25.1. The lowest BCUT2D eigenvalue weighted by Gasteiger charge is -2.42. The zero-order chi connectivity index (χ0) is 20.7. The van der Waals surface area contributed by atoms with Crippen molar-refractivity contribution in [2.45, 2.75) is 103 Å². The van der Waals surface area contributed by atoms with Crippen molar-refractivity contribution in [1.29, 1.82) is 0 Å². The van der Waals surface area contributed by atoms with Gasteiger partial charge in [-0.1, -0.05) is 101 Å². The summed E-state index contributed by atoms with van der Waals surface area (Å²) in [5.74, 6) is 0. The predicted molar refractivity (Wildman–Crippen MR) is 120 cm³/mol. The van der Waals surface area contributed by atoms with Gasteiger partial charge >= 0.3 is 0 Å². The Bertz CT molecular complexity index is 483. The summed E-state index contributed by atoms with van der Waals surface area (Å²) in [6, 6.07) is 10.5. The average Bonchev–Trinajstić information content (AvgIpc) is 2.72. The number of hydrogen-bond donors (Lipinski definition) is 0. The van der Waals surface area contributed by atoms with Gasteiger partial charge in [0, 0.05) is 25.8 Å². The van der Waals surface area contributed by atoms with Gasteiger partial charge < -0.3 is 0 Å². The summed E-state index contributed by atoms with van der Waals surface area (Å²) < 4.78 is 0. The van der Waals surface area contributed by atoms with Crippen LogP contribution in [0.15, 0.2) is 30.3 Å². The molecule has 0 aliphatic carbocycles. The molecule has 1 rings (SSSR count). The Morgan fingerprint density at radius 1 is 0.679 bits per heavy atom. The number of rotatable bonds is 17. The first-order valence-electron chi connectivity index (χ1n) is 11.6. The van der Waals surface area contributed by atoms with Crippen molar-refractivity contribution < 1.29 is 14.5 Å². The molecule has 0 N–H and O–H groups in total. The van der Waals surface area contributed by atoms with Crippen LogP contribution in [0.1, 0.15) is 103 Å². The maximum Gasteiger partial charge on any atom is 0.181 e. The number of unbranched alkanes of at least 4 members (excludes halogenated alkanes) is 11. The van der Waals surface area contributed by atoms with E-state index in [4.69, 9.17) is 9.68 Å². The van der Waals surface area contributed by atoms with Gasteiger partial charge in [-0.05, 0) is 11.2 Å². The van der Waals surface area contributed by atoms with Gasteiger partial charge in [-0.15, -0.1) is 0 Å². The number of hydroxylamine groups is 4. The average molecular weight is 393 g/mol. The topological polar surface area (TPSA) is 18.5 Å². The second kappa shape index (κ2) is 14.1. The highest BCUT2D eigenvalue weighted by Crippen LogP contribution is 2.36. The minimum atomic E-state index is -0.261. The Morgan fingerprint density at radius 3 is 1.54 bits per heavy atom. The van der Waals surface area contributed by atoms with Gasteiger partial charge in [-0.25, -0.2) is 0 Å². The van der Waals surface area contributed by atoms with Crippen molar-refractivity contribution in [2.75, 3.05) is 20.8 Å². The van der Waals surface area contributed by atoms with Crippen molar-refractivity contribution >= 4 is 0 Å². The van der Waals surface area contributed by atoms with Gasteiger partial charge in [0.1, 0.15) is 6.54 Å². The molecule has 0 heterocycles. The van der Waals surface area contributed by atoms with Crippen LogP contribution in [0.5, 0.6) is 0 Å². The normalized spacial score (nSPS) is 12.5. The fourth-order valence-electron chi connectivity index (χ4n) is 4.20. The zero-order valence-electron chi connectivity index (χ0n) is 19.3. The van der Waals surface area contributed by atoms with Crippen LogP contribution in [-0.2, 0) is 15.2 Å². The van der Waals surface area contributed by atoms with Crippen LogP contribution < -0.4 is 0 Å². The van der Waals surface area contributed by atoms with Crippen LogP contribution in [-0.4, -0.2) is 25.6 Å². The van der Waals surface area contributed by atoms with Crippen molar-refractivity contribution in [1.82, 2.24) is 0 Å². The lowest BCUT2D eigenvalue weighted by atomic mass is 9.93. The van der Waals surface area contributed by atoms with Gasteiger partial charge in [-0.3, -0.25) is 0 Å². The first-order chi connectivity index (χ1) is 13.5. The third-order valence-corrected chi connectivity index (χ3v) is 6.23. The van der Waals surface area contributed by atoms with Crippen LogP contribution in [0.2, 0.25) is 0 Å². The molecule has 0 aliphatic rings. The highest BCUT2D eigenvalue weighted by molar-refractivity contribution is 5.20. The van der Waals surface area contributed by atoms with E-state index in [2.05, 4.69) is 51.1 Å². The molecule has 0 bridgehead atoms. The molecule has 0 aromatic heterocycles. The smallest absolute Gasteiger partial charge is 0.171 e. The molecule has 0 fully saturated rings. The summed E-state index contributed by atoms with van der Waals surface area (Å²) in [4.78, 5) is 12.0. The summed E-state index contributed by atoms with van der Waals surface area (Å²) in [6.07, 6.45) is 16.3. The Morgan fingerprint density at radius 2 is 1.11 bits per heavy atom. The third kappa shape index (κ3) is 7.85. The van der Waals surface area contributed by atoms with Crippen molar-refractivity contribution in [3.63, 3.8) is 0 Å². The Kier molecular flexibility index (Phi) is 12.7. The first-order valence-corrected chi connectivity index (χ1v) is 11.6. The largest absolute Gasteiger partial charge is 0.181 e. The van der Waals surface area contributed by atoms with Gasteiger partial charge in [0.15, 0.2) is 5.54 Å². The molecule has 0 saturated carbocycles. The molecule has 0 saturated heterocycles. The van der Waals surface area contributed by atoms with Crippen LogP contribution in [0, 0.1) is 0 Å². The van der Waals surface area contributed by atoms with Gasteiger partial charge in [0.25, 0.3) is 0 Å². The third-order valence-electron chi connectivity index (χ3n) is 6.23. The maximum atomic E-state index is 5.92. The number of hydrogen-bond acceptors (Lipinski definition) is 2. The summed E-state index contributed by atoms with van der Waals surface area (Å²) >= 11 is 0. The molecule has 1 aromatic rings. The van der Waals surface area contributed by atoms with Crippen molar-refractivity contribution in [3.8, 4) is 0 Å². The summed E-state index contributed by atoms with van der Waals surface area (Å²) in [6.45, 7) is 7.56. The fraction of sp³-hybridized carbons (Fsp3) is 0.760. The van der Waals surface area contributed by atoms with Gasteiger partial charge in [-0.2, -0.15) is 9.68 Å². The second-order valence-electron chi connectivity index (χ2n) is 8.58. The fourth-order valence-corrected chi connectivity index (χ4v) is 4.20. The molecule has 0 unspecified atom stereocenters. The van der Waals surface area contributed by atoms with E-state index in [1.54, 1.807) is 14.2 Å². The van der Waals surface area contributed by atoms with Gasteiger partial charge in [0.05, 0.1) is 14.2 Å². The standard InChI is InChI=1S/C25H46NO2/c1-6-7-8-9-10-11-12-13-14-15-16-20-23-26(27-4,28-5)25(2,3)24-21-18-17-19-22-24/h17-19,21-22H,6-16,20,23H2,1-5H3/q+1. The highest BCUT2D eigenvalue weighted by Gasteiger charge is 2.48. The van der Waals surface area contributed by atoms with Crippen LogP contribution >= 0.6 is 0 Å². The van der Waals surface area contributed by atoms with Crippen LogP contribution in [0.4, 0.5) is 0 Å². The molecule has 0 radical (unpaired) electrons. The Hall–Kier alpha value is -0.900. The van der Waals surface area contributed by atoms with E-state index in [1.165, 1.54) is 76.2 Å². The second-order valence-corrected chi connectivity index (χ2v) is 8.58. The Labute approximate surface area is 174 Å². The molecule has 162 valence electrons.